The molecule has 1 fully saturated rings. The minimum absolute atomic E-state index is 0.286. The molecule has 4 heteroatoms. The van der Waals surface area contributed by atoms with Crippen LogP contribution in [0.3, 0.4) is 0 Å². The first kappa shape index (κ1) is 12.3. The van der Waals surface area contributed by atoms with E-state index in [0.717, 1.165) is 19.6 Å². The molecule has 1 N–H and O–H groups in total. The Hall–Kier alpha value is -1.13. The Labute approximate surface area is 103 Å². The van der Waals surface area contributed by atoms with Crippen LogP contribution in [0.4, 0.5) is 5.69 Å². The second kappa shape index (κ2) is 5.47. The minimum atomic E-state index is 0.286. The van der Waals surface area contributed by atoms with E-state index in [1.165, 1.54) is 11.3 Å². The SMILES string of the molecule is CNCc1cnccc1N1CC(C)OC(C)C1. The molecular formula is C13H21N3O. The lowest BCUT2D eigenvalue weighted by molar-refractivity contribution is -0.00526. The van der Waals surface area contributed by atoms with E-state index in [0.29, 0.717) is 0 Å². The quantitative estimate of drug-likeness (QED) is 0.859. The molecule has 17 heavy (non-hydrogen) atoms. The summed E-state index contributed by atoms with van der Waals surface area (Å²) < 4.78 is 5.76. The van der Waals surface area contributed by atoms with E-state index >= 15 is 0 Å². The molecule has 1 aromatic heterocycles. The molecule has 2 unspecified atom stereocenters. The van der Waals surface area contributed by atoms with Crippen LogP contribution in [0.25, 0.3) is 0 Å². The fourth-order valence-electron chi connectivity index (χ4n) is 2.43. The van der Waals surface area contributed by atoms with Gasteiger partial charge in [-0.3, -0.25) is 4.98 Å². The largest absolute Gasteiger partial charge is 0.372 e. The summed E-state index contributed by atoms with van der Waals surface area (Å²) >= 11 is 0. The van der Waals surface area contributed by atoms with Crippen molar-refractivity contribution in [3.05, 3.63) is 24.0 Å². The molecule has 2 rings (SSSR count). The van der Waals surface area contributed by atoms with Gasteiger partial charge in [0, 0.05) is 43.3 Å². The van der Waals surface area contributed by atoms with E-state index in [1.54, 1.807) is 0 Å². The van der Waals surface area contributed by atoms with Crippen LogP contribution in [0.15, 0.2) is 18.5 Å². The molecule has 0 saturated carbocycles. The number of ether oxygens (including phenoxy) is 1. The van der Waals surface area contributed by atoms with E-state index in [4.69, 9.17) is 4.74 Å². The lowest BCUT2D eigenvalue weighted by Crippen LogP contribution is -2.46. The highest BCUT2D eigenvalue weighted by molar-refractivity contribution is 5.52. The van der Waals surface area contributed by atoms with Gasteiger partial charge in [0.2, 0.25) is 0 Å². The molecule has 0 aromatic carbocycles. The van der Waals surface area contributed by atoms with Crippen LogP contribution in [0.1, 0.15) is 19.4 Å². The molecule has 2 atom stereocenters. The molecule has 1 saturated heterocycles. The van der Waals surface area contributed by atoms with Crippen LogP contribution in [-0.4, -0.2) is 37.3 Å². The van der Waals surface area contributed by atoms with Crippen molar-refractivity contribution in [3.8, 4) is 0 Å². The van der Waals surface area contributed by atoms with Gasteiger partial charge in [0.05, 0.1) is 12.2 Å². The van der Waals surface area contributed by atoms with E-state index in [9.17, 15) is 0 Å². The summed E-state index contributed by atoms with van der Waals surface area (Å²) in [6, 6.07) is 2.09. The van der Waals surface area contributed by atoms with Crippen molar-refractivity contribution in [1.82, 2.24) is 10.3 Å². The number of hydrogen-bond donors (Lipinski definition) is 1. The molecule has 1 aliphatic heterocycles. The van der Waals surface area contributed by atoms with Crippen LogP contribution in [0.5, 0.6) is 0 Å². The molecule has 1 aliphatic rings. The Morgan fingerprint density at radius 1 is 1.41 bits per heavy atom. The molecule has 1 aromatic rings. The second-order valence-electron chi connectivity index (χ2n) is 4.70. The van der Waals surface area contributed by atoms with Gasteiger partial charge in [-0.2, -0.15) is 0 Å². The minimum Gasteiger partial charge on any atom is -0.372 e. The topological polar surface area (TPSA) is 37.4 Å². The predicted octanol–water partition coefficient (Wildman–Crippen LogP) is 1.41. The number of nitrogens with one attached hydrogen (secondary N) is 1. The van der Waals surface area contributed by atoms with Crippen LogP contribution in [0.2, 0.25) is 0 Å². The Kier molecular flexibility index (Phi) is 3.97. The van der Waals surface area contributed by atoms with Crippen molar-refractivity contribution in [1.29, 1.82) is 0 Å². The van der Waals surface area contributed by atoms with E-state index in [2.05, 4.69) is 35.1 Å². The van der Waals surface area contributed by atoms with Crippen molar-refractivity contribution in [3.63, 3.8) is 0 Å². The summed E-state index contributed by atoms with van der Waals surface area (Å²) in [5.74, 6) is 0. The van der Waals surface area contributed by atoms with E-state index < -0.39 is 0 Å². The third kappa shape index (κ3) is 2.96. The van der Waals surface area contributed by atoms with Gasteiger partial charge in [0.25, 0.3) is 0 Å². The third-order valence-electron chi connectivity index (χ3n) is 3.01. The summed E-state index contributed by atoms with van der Waals surface area (Å²) in [4.78, 5) is 6.59. The third-order valence-corrected chi connectivity index (χ3v) is 3.01. The molecule has 0 spiro atoms. The number of hydrogen-bond acceptors (Lipinski definition) is 4. The maximum Gasteiger partial charge on any atom is 0.0726 e. The van der Waals surface area contributed by atoms with E-state index in [-0.39, 0.29) is 12.2 Å². The summed E-state index contributed by atoms with van der Waals surface area (Å²) in [7, 11) is 1.96. The molecule has 0 amide bonds. The normalized spacial score (nSPS) is 25.0. The molecule has 0 aliphatic carbocycles. The van der Waals surface area contributed by atoms with E-state index in [1.807, 2.05) is 19.4 Å². The zero-order chi connectivity index (χ0) is 12.3. The standard InChI is InChI=1S/C13H21N3O/c1-10-8-16(9-11(2)17-10)13-4-5-15-7-12(13)6-14-3/h4-5,7,10-11,14H,6,8-9H2,1-3H3. The van der Waals surface area contributed by atoms with Gasteiger partial charge in [-0.05, 0) is 27.0 Å². The Bertz CT molecular complexity index is 359. The van der Waals surface area contributed by atoms with Crippen LogP contribution >= 0.6 is 0 Å². The highest BCUT2D eigenvalue weighted by Crippen LogP contribution is 2.23. The second-order valence-corrected chi connectivity index (χ2v) is 4.70. The first-order valence-electron chi connectivity index (χ1n) is 6.18. The molecule has 0 bridgehead atoms. The summed E-state index contributed by atoms with van der Waals surface area (Å²) in [5.41, 5.74) is 2.52. The molecule has 4 nitrogen and oxygen atoms in total. The van der Waals surface area contributed by atoms with Crippen molar-refractivity contribution in [2.24, 2.45) is 0 Å². The van der Waals surface area contributed by atoms with Gasteiger partial charge >= 0.3 is 0 Å². The summed E-state index contributed by atoms with van der Waals surface area (Å²) in [6.07, 6.45) is 4.37. The highest BCUT2D eigenvalue weighted by atomic mass is 16.5. The maximum absolute atomic E-state index is 5.76. The van der Waals surface area contributed by atoms with Crippen molar-refractivity contribution >= 4 is 5.69 Å². The average Bonchev–Trinajstić information content (AvgIpc) is 2.29. The molecule has 0 radical (unpaired) electrons. The van der Waals surface area contributed by atoms with Gasteiger partial charge < -0.3 is 15.0 Å². The number of anilines is 1. The van der Waals surface area contributed by atoms with Gasteiger partial charge in [-0.1, -0.05) is 0 Å². The van der Waals surface area contributed by atoms with Crippen LogP contribution in [0, 0.1) is 0 Å². The fraction of sp³-hybridized carbons (Fsp3) is 0.615. The van der Waals surface area contributed by atoms with Crippen molar-refractivity contribution in [2.45, 2.75) is 32.6 Å². The van der Waals surface area contributed by atoms with Gasteiger partial charge in [0.1, 0.15) is 0 Å². The molecule has 2 heterocycles. The smallest absolute Gasteiger partial charge is 0.0726 e. The lowest BCUT2D eigenvalue weighted by atomic mass is 10.1. The highest BCUT2D eigenvalue weighted by Gasteiger charge is 2.23. The first-order valence-corrected chi connectivity index (χ1v) is 6.18. The zero-order valence-electron chi connectivity index (χ0n) is 10.8. The fourth-order valence-corrected chi connectivity index (χ4v) is 2.43. The summed E-state index contributed by atoms with van der Waals surface area (Å²) in [5, 5.41) is 3.19. The van der Waals surface area contributed by atoms with Gasteiger partial charge in [-0.25, -0.2) is 0 Å². The Morgan fingerprint density at radius 2 is 2.12 bits per heavy atom. The number of rotatable bonds is 3. The average molecular weight is 235 g/mol. The van der Waals surface area contributed by atoms with Crippen molar-refractivity contribution < 1.29 is 4.74 Å². The molecular weight excluding hydrogens is 214 g/mol. The zero-order valence-corrected chi connectivity index (χ0v) is 10.8. The van der Waals surface area contributed by atoms with Crippen LogP contribution in [-0.2, 0) is 11.3 Å². The summed E-state index contributed by atoms with van der Waals surface area (Å²) in [6.45, 7) is 7.00. The van der Waals surface area contributed by atoms with Crippen LogP contribution < -0.4 is 10.2 Å². The number of nitrogens with zero attached hydrogens (tertiary/aromatic N) is 2. The lowest BCUT2D eigenvalue weighted by Gasteiger charge is -2.37. The van der Waals surface area contributed by atoms with Gasteiger partial charge in [0.15, 0.2) is 0 Å². The monoisotopic (exact) mass is 235 g/mol. The first-order chi connectivity index (χ1) is 8.20. The Balaban J connectivity index is 2.20. The number of morpholine rings is 1. The number of aromatic nitrogens is 1. The van der Waals surface area contributed by atoms with Gasteiger partial charge in [-0.15, -0.1) is 0 Å². The predicted molar refractivity (Wildman–Crippen MR) is 69.2 cm³/mol. The Morgan fingerprint density at radius 3 is 2.76 bits per heavy atom. The van der Waals surface area contributed by atoms with Crippen molar-refractivity contribution in [2.75, 3.05) is 25.0 Å². The number of pyridine rings is 1. The molecule has 94 valence electrons. The maximum atomic E-state index is 5.76.